The number of benzene rings is 1. The maximum Gasteiger partial charge on any atom is 0.194 e. The van der Waals surface area contributed by atoms with Crippen molar-refractivity contribution in [2.75, 3.05) is 6.61 Å². The molecule has 0 N–H and O–H groups in total. The number of hydrogen-bond donors (Lipinski definition) is 0. The van der Waals surface area contributed by atoms with Gasteiger partial charge in [0.1, 0.15) is 11.4 Å². The lowest BCUT2D eigenvalue weighted by Gasteiger charge is -2.30. The van der Waals surface area contributed by atoms with Crippen molar-refractivity contribution in [2.24, 2.45) is 0 Å². The summed E-state index contributed by atoms with van der Waals surface area (Å²) in [7, 11) is 0. The monoisotopic (exact) mass is 276 g/mol. The molecule has 110 valence electrons. The predicted molar refractivity (Wildman–Crippen MR) is 79.4 cm³/mol. The molecule has 3 heteroatoms. The summed E-state index contributed by atoms with van der Waals surface area (Å²) in [5.41, 5.74) is 0.0125. The Balaban J connectivity index is 2.13. The number of carbonyl (C=O) groups is 1. The molecule has 1 aliphatic rings. The smallest absolute Gasteiger partial charge is 0.194 e. The summed E-state index contributed by atoms with van der Waals surface area (Å²) >= 11 is 0. The average Bonchev–Trinajstić information content (AvgIpc) is 3.29. The topological polar surface area (TPSA) is 35.5 Å². The van der Waals surface area contributed by atoms with Crippen LogP contribution in [0.4, 0.5) is 0 Å². The molecule has 0 radical (unpaired) electrons. The molecule has 0 spiro atoms. The van der Waals surface area contributed by atoms with Crippen molar-refractivity contribution in [3.63, 3.8) is 0 Å². The van der Waals surface area contributed by atoms with E-state index in [1.807, 2.05) is 45.0 Å². The first-order chi connectivity index (χ1) is 9.65. The number of Topliss-reactive ketones (excluding diaryl/α,β-unsaturated/α-hetero) is 1. The van der Waals surface area contributed by atoms with Gasteiger partial charge in [-0.1, -0.05) is 13.8 Å². The molecule has 20 heavy (non-hydrogen) atoms. The van der Waals surface area contributed by atoms with Crippen molar-refractivity contribution >= 4 is 5.78 Å². The normalized spacial score (nSPS) is 15.2. The Morgan fingerprint density at radius 3 is 2.20 bits per heavy atom. The van der Waals surface area contributed by atoms with Gasteiger partial charge in [0.25, 0.3) is 0 Å². The molecule has 0 atom stereocenters. The maximum absolute atomic E-state index is 12.7. The van der Waals surface area contributed by atoms with E-state index in [-0.39, 0.29) is 5.78 Å². The van der Waals surface area contributed by atoms with Gasteiger partial charge in [0, 0.05) is 12.2 Å². The molecule has 0 amide bonds. The Morgan fingerprint density at radius 2 is 1.75 bits per heavy atom. The summed E-state index contributed by atoms with van der Waals surface area (Å²) in [6.45, 7) is 6.49. The Kier molecular flexibility index (Phi) is 4.81. The van der Waals surface area contributed by atoms with Crippen LogP contribution < -0.4 is 4.74 Å². The second kappa shape index (κ2) is 6.40. The molecule has 0 heterocycles. The highest BCUT2D eigenvalue weighted by Gasteiger charge is 2.36. The summed E-state index contributed by atoms with van der Waals surface area (Å²) in [4.78, 5) is 12.7. The van der Waals surface area contributed by atoms with Crippen LogP contribution in [0.1, 0.15) is 56.8 Å². The Hall–Kier alpha value is -1.35. The largest absolute Gasteiger partial charge is 0.490 e. The summed E-state index contributed by atoms with van der Waals surface area (Å²) in [6.07, 6.45) is 4.04. The molecule has 1 fully saturated rings. The molecule has 2 rings (SSSR count). The van der Waals surface area contributed by atoms with Crippen molar-refractivity contribution in [1.29, 1.82) is 0 Å². The molecule has 0 bridgehead atoms. The van der Waals surface area contributed by atoms with E-state index in [1.54, 1.807) is 0 Å². The number of ketones is 1. The van der Waals surface area contributed by atoms with Gasteiger partial charge in [0.05, 0.1) is 6.10 Å². The van der Waals surface area contributed by atoms with Crippen LogP contribution >= 0.6 is 0 Å². The van der Waals surface area contributed by atoms with E-state index in [0.717, 1.165) is 18.6 Å². The fourth-order valence-electron chi connectivity index (χ4n) is 2.44. The third-order valence-electron chi connectivity index (χ3n) is 3.92. The molecule has 0 aliphatic heterocycles. The molecule has 0 aromatic heterocycles. The zero-order chi connectivity index (χ0) is 14.6. The second-order valence-electron chi connectivity index (χ2n) is 5.31. The lowest BCUT2D eigenvalue weighted by atomic mass is 9.87. The van der Waals surface area contributed by atoms with E-state index >= 15 is 0 Å². The minimum absolute atomic E-state index is 0.0716. The summed E-state index contributed by atoms with van der Waals surface area (Å²) < 4.78 is 11.5. The van der Waals surface area contributed by atoms with E-state index in [0.29, 0.717) is 31.1 Å². The van der Waals surface area contributed by atoms with Crippen LogP contribution in [0.15, 0.2) is 24.3 Å². The minimum atomic E-state index is -0.687. The molecule has 0 unspecified atom stereocenters. The van der Waals surface area contributed by atoms with Crippen molar-refractivity contribution in [3.8, 4) is 5.75 Å². The van der Waals surface area contributed by atoms with E-state index in [2.05, 4.69) is 0 Å². The van der Waals surface area contributed by atoms with Crippen LogP contribution in [0.25, 0.3) is 0 Å². The van der Waals surface area contributed by atoms with Crippen LogP contribution in [0.3, 0.4) is 0 Å². The number of carbonyl (C=O) groups excluding carboxylic acids is 1. The van der Waals surface area contributed by atoms with Crippen molar-refractivity contribution in [2.45, 2.75) is 58.2 Å². The van der Waals surface area contributed by atoms with Crippen LogP contribution in [0.5, 0.6) is 5.75 Å². The molecular weight excluding hydrogens is 252 g/mol. The van der Waals surface area contributed by atoms with Crippen LogP contribution in [0, 0.1) is 0 Å². The Bertz CT molecular complexity index is 442. The number of hydrogen-bond acceptors (Lipinski definition) is 3. The van der Waals surface area contributed by atoms with E-state index < -0.39 is 5.60 Å². The molecular formula is C17H24O3. The zero-order valence-corrected chi connectivity index (χ0v) is 12.6. The van der Waals surface area contributed by atoms with Gasteiger partial charge in [0.2, 0.25) is 0 Å². The fraction of sp³-hybridized carbons (Fsp3) is 0.588. The summed E-state index contributed by atoms with van der Waals surface area (Å²) in [5.74, 6) is 0.918. The van der Waals surface area contributed by atoms with Gasteiger partial charge in [0.15, 0.2) is 5.78 Å². The standard InChI is InChI=1S/C17H24O3/c1-4-17(5-2,19-6-3)16(18)13-7-9-14(10-8-13)20-15-11-12-15/h7-10,15H,4-6,11-12H2,1-3H3. The van der Waals surface area contributed by atoms with Crippen LogP contribution in [0.2, 0.25) is 0 Å². The third-order valence-corrected chi connectivity index (χ3v) is 3.92. The first kappa shape index (κ1) is 15.0. The SMILES string of the molecule is CCOC(CC)(CC)C(=O)c1ccc(OC2CC2)cc1. The van der Waals surface area contributed by atoms with Gasteiger partial charge in [-0.25, -0.2) is 0 Å². The minimum Gasteiger partial charge on any atom is -0.490 e. The third kappa shape index (κ3) is 3.21. The maximum atomic E-state index is 12.7. The van der Waals surface area contributed by atoms with Crippen molar-refractivity contribution < 1.29 is 14.3 Å². The summed E-state index contributed by atoms with van der Waals surface area (Å²) in [6, 6.07) is 7.46. The van der Waals surface area contributed by atoms with Gasteiger partial charge in [-0.15, -0.1) is 0 Å². The van der Waals surface area contributed by atoms with E-state index in [1.165, 1.54) is 0 Å². The van der Waals surface area contributed by atoms with Crippen molar-refractivity contribution in [1.82, 2.24) is 0 Å². The predicted octanol–water partition coefficient (Wildman–Crippen LogP) is 4.01. The Labute approximate surface area is 121 Å². The highest BCUT2D eigenvalue weighted by Crippen LogP contribution is 2.29. The van der Waals surface area contributed by atoms with Gasteiger partial charge in [-0.05, 0) is 56.9 Å². The van der Waals surface area contributed by atoms with E-state index in [4.69, 9.17) is 9.47 Å². The highest BCUT2D eigenvalue weighted by atomic mass is 16.5. The fourth-order valence-corrected chi connectivity index (χ4v) is 2.44. The van der Waals surface area contributed by atoms with Gasteiger partial charge >= 0.3 is 0 Å². The number of rotatable bonds is 8. The highest BCUT2D eigenvalue weighted by molar-refractivity contribution is 6.02. The Morgan fingerprint density at radius 1 is 1.15 bits per heavy atom. The van der Waals surface area contributed by atoms with Crippen LogP contribution in [-0.4, -0.2) is 24.1 Å². The number of ether oxygens (including phenoxy) is 2. The first-order valence-corrected chi connectivity index (χ1v) is 7.60. The van der Waals surface area contributed by atoms with Crippen molar-refractivity contribution in [3.05, 3.63) is 29.8 Å². The quantitative estimate of drug-likeness (QED) is 0.673. The molecule has 1 aliphatic carbocycles. The lowest BCUT2D eigenvalue weighted by Crippen LogP contribution is -2.40. The molecule has 0 saturated heterocycles. The molecule has 1 saturated carbocycles. The lowest BCUT2D eigenvalue weighted by molar-refractivity contribution is -0.0250. The van der Waals surface area contributed by atoms with Crippen LogP contribution in [-0.2, 0) is 4.74 Å². The molecule has 3 nitrogen and oxygen atoms in total. The van der Waals surface area contributed by atoms with Gasteiger partial charge < -0.3 is 9.47 Å². The van der Waals surface area contributed by atoms with Gasteiger partial charge in [-0.2, -0.15) is 0 Å². The zero-order valence-electron chi connectivity index (χ0n) is 12.6. The average molecular weight is 276 g/mol. The summed E-state index contributed by atoms with van der Waals surface area (Å²) in [5, 5.41) is 0. The van der Waals surface area contributed by atoms with Gasteiger partial charge in [-0.3, -0.25) is 4.79 Å². The molecule has 1 aromatic rings. The molecule has 1 aromatic carbocycles. The first-order valence-electron chi connectivity index (χ1n) is 7.60. The van der Waals surface area contributed by atoms with E-state index in [9.17, 15) is 4.79 Å². The second-order valence-corrected chi connectivity index (χ2v) is 5.31.